The monoisotopic (exact) mass is 392 g/mol. The molecule has 1 saturated carbocycles. The molecule has 0 aliphatic heterocycles. The molecular weight excluding hydrogens is 364 g/mol. The molecule has 1 aliphatic carbocycles. The van der Waals surface area contributed by atoms with Crippen molar-refractivity contribution in [3.8, 4) is 0 Å². The van der Waals surface area contributed by atoms with Crippen LogP contribution in [-0.2, 0) is 0 Å². The minimum absolute atomic E-state index is 0.0770. The van der Waals surface area contributed by atoms with Gasteiger partial charge in [-0.2, -0.15) is 0 Å². The lowest BCUT2D eigenvalue weighted by molar-refractivity contribution is 0.0909. The van der Waals surface area contributed by atoms with Crippen molar-refractivity contribution >= 4 is 27.3 Å². The van der Waals surface area contributed by atoms with Gasteiger partial charge >= 0.3 is 0 Å². The number of thiophene rings is 1. The molecule has 4 heteroatoms. The summed E-state index contributed by atoms with van der Waals surface area (Å²) < 4.78 is 1.17. The molecule has 0 bridgehead atoms. The van der Waals surface area contributed by atoms with E-state index < -0.39 is 0 Å². The largest absolute Gasteiger partial charge is 0.349 e. The SMILES string of the molecule is CN(C)C(c1ccccc1)C1CCC(NC(=O)c2csc3ccccc23)CC1. The molecule has 0 spiro atoms. The van der Waals surface area contributed by atoms with Crippen molar-refractivity contribution in [1.82, 2.24) is 10.2 Å². The number of hydrogen-bond donors (Lipinski definition) is 1. The van der Waals surface area contributed by atoms with Crippen LogP contribution in [0.25, 0.3) is 10.1 Å². The predicted octanol–water partition coefficient (Wildman–Crippen LogP) is 5.49. The molecule has 1 fully saturated rings. The molecule has 3 aromatic rings. The van der Waals surface area contributed by atoms with Crippen LogP contribution in [0.15, 0.2) is 60.0 Å². The summed E-state index contributed by atoms with van der Waals surface area (Å²) >= 11 is 1.64. The first-order valence-electron chi connectivity index (χ1n) is 10.1. The third-order valence-corrected chi connectivity index (χ3v) is 6.94. The summed E-state index contributed by atoms with van der Waals surface area (Å²) in [6, 6.07) is 19.7. The van der Waals surface area contributed by atoms with Gasteiger partial charge in [-0.3, -0.25) is 4.79 Å². The number of carbonyl (C=O) groups is 1. The molecule has 146 valence electrons. The van der Waals surface area contributed by atoms with Gasteiger partial charge in [0.25, 0.3) is 5.91 Å². The fraction of sp³-hybridized carbons (Fsp3) is 0.375. The van der Waals surface area contributed by atoms with Gasteiger partial charge in [-0.1, -0.05) is 48.5 Å². The summed E-state index contributed by atoms with van der Waals surface area (Å²) in [5, 5.41) is 6.35. The summed E-state index contributed by atoms with van der Waals surface area (Å²) in [7, 11) is 4.35. The Balaban J connectivity index is 1.39. The van der Waals surface area contributed by atoms with Gasteiger partial charge < -0.3 is 10.2 Å². The molecule has 1 aliphatic rings. The molecule has 28 heavy (non-hydrogen) atoms. The Morgan fingerprint density at radius 1 is 1.00 bits per heavy atom. The molecule has 1 heterocycles. The van der Waals surface area contributed by atoms with Crippen molar-refractivity contribution in [3.05, 3.63) is 71.1 Å². The van der Waals surface area contributed by atoms with Gasteiger partial charge in [0.05, 0.1) is 5.56 Å². The molecule has 1 atom stereocenters. The van der Waals surface area contributed by atoms with E-state index in [1.807, 2.05) is 23.6 Å². The van der Waals surface area contributed by atoms with Crippen molar-refractivity contribution in [2.45, 2.75) is 37.8 Å². The molecule has 1 aromatic heterocycles. The van der Waals surface area contributed by atoms with Crippen molar-refractivity contribution in [2.24, 2.45) is 5.92 Å². The van der Waals surface area contributed by atoms with Gasteiger partial charge in [-0.15, -0.1) is 11.3 Å². The van der Waals surface area contributed by atoms with E-state index in [4.69, 9.17) is 0 Å². The van der Waals surface area contributed by atoms with Gasteiger partial charge in [0.2, 0.25) is 0 Å². The van der Waals surface area contributed by atoms with E-state index in [1.165, 1.54) is 10.3 Å². The topological polar surface area (TPSA) is 32.3 Å². The molecule has 1 amide bonds. The standard InChI is InChI=1S/C24H28N2OS/c1-26(2)23(17-8-4-3-5-9-17)18-12-14-19(15-13-18)25-24(27)21-16-28-22-11-7-6-10-20(21)22/h3-11,16,18-19,23H,12-15H2,1-2H3,(H,25,27). The van der Waals surface area contributed by atoms with Crippen LogP contribution in [0, 0.1) is 5.92 Å². The van der Waals surface area contributed by atoms with E-state index in [-0.39, 0.29) is 11.9 Å². The molecule has 2 aromatic carbocycles. The third kappa shape index (κ3) is 3.98. The number of hydrogen-bond acceptors (Lipinski definition) is 3. The van der Waals surface area contributed by atoms with Gasteiger partial charge in [0, 0.05) is 27.5 Å². The maximum atomic E-state index is 12.8. The number of fused-ring (bicyclic) bond motifs is 1. The number of amides is 1. The summed E-state index contributed by atoms with van der Waals surface area (Å²) in [6.45, 7) is 0. The number of nitrogens with one attached hydrogen (secondary N) is 1. The number of nitrogens with zero attached hydrogens (tertiary/aromatic N) is 1. The van der Waals surface area contributed by atoms with Gasteiger partial charge in [-0.05, 0) is 57.3 Å². The Morgan fingerprint density at radius 2 is 1.68 bits per heavy atom. The minimum Gasteiger partial charge on any atom is -0.349 e. The van der Waals surface area contributed by atoms with Gasteiger partial charge in [0.1, 0.15) is 0 Å². The van der Waals surface area contributed by atoms with Crippen LogP contribution in [0.4, 0.5) is 0 Å². The molecule has 0 radical (unpaired) electrons. The van der Waals surface area contributed by atoms with Crippen molar-refractivity contribution in [2.75, 3.05) is 14.1 Å². The van der Waals surface area contributed by atoms with E-state index in [0.717, 1.165) is 36.6 Å². The molecule has 1 N–H and O–H groups in total. The molecule has 4 rings (SSSR count). The quantitative estimate of drug-likeness (QED) is 0.622. The van der Waals surface area contributed by atoms with Crippen LogP contribution in [-0.4, -0.2) is 30.9 Å². The minimum atomic E-state index is 0.0770. The Kier molecular flexibility index (Phi) is 5.79. The van der Waals surface area contributed by atoms with E-state index >= 15 is 0 Å². The number of rotatable bonds is 5. The highest BCUT2D eigenvalue weighted by Crippen LogP contribution is 2.37. The average molecular weight is 393 g/mol. The summed E-state index contributed by atoms with van der Waals surface area (Å²) in [4.78, 5) is 15.2. The fourth-order valence-electron chi connectivity index (χ4n) is 4.64. The highest BCUT2D eigenvalue weighted by molar-refractivity contribution is 7.17. The Bertz CT molecular complexity index is 926. The fourth-order valence-corrected chi connectivity index (χ4v) is 5.58. The van der Waals surface area contributed by atoms with Crippen LogP contribution in [0.2, 0.25) is 0 Å². The van der Waals surface area contributed by atoms with E-state index in [9.17, 15) is 4.79 Å². The normalized spacial score (nSPS) is 21.0. The Labute approximate surface area is 171 Å². The lowest BCUT2D eigenvalue weighted by Crippen LogP contribution is -2.39. The van der Waals surface area contributed by atoms with E-state index in [1.54, 1.807) is 11.3 Å². The summed E-state index contributed by atoms with van der Waals surface area (Å²) in [5.41, 5.74) is 2.21. The summed E-state index contributed by atoms with van der Waals surface area (Å²) in [5.74, 6) is 0.709. The van der Waals surface area contributed by atoms with E-state index in [2.05, 4.69) is 60.7 Å². The third-order valence-electron chi connectivity index (χ3n) is 5.98. The van der Waals surface area contributed by atoms with Crippen molar-refractivity contribution < 1.29 is 4.79 Å². The van der Waals surface area contributed by atoms with Gasteiger partial charge in [0.15, 0.2) is 0 Å². The van der Waals surface area contributed by atoms with Crippen LogP contribution in [0.1, 0.15) is 47.6 Å². The molecule has 0 saturated heterocycles. The smallest absolute Gasteiger partial charge is 0.252 e. The first kappa shape index (κ1) is 19.2. The zero-order chi connectivity index (χ0) is 19.5. The van der Waals surface area contributed by atoms with Crippen LogP contribution in [0.3, 0.4) is 0 Å². The average Bonchev–Trinajstić information content (AvgIpc) is 3.14. The lowest BCUT2D eigenvalue weighted by atomic mass is 9.78. The first-order chi connectivity index (χ1) is 13.6. The number of benzene rings is 2. The second-order valence-corrected chi connectivity index (χ2v) is 8.96. The zero-order valence-electron chi connectivity index (χ0n) is 16.6. The Hall–Kier alpha value is -2.17. The molecule has 1 unspecified atom stereocenters. The van der Waals surface area contributed by atoms with Gasteiger partial charge in [-0.25, -0.2) is 0 Å². The highest BCUT2D eigenvalue weighted by atomic mass is 32.1. The second kappa shape index (κ2) is 8.46. The van der Waals surface area contributed by atoms with E-state index in [0.29, 0.717) is 12.0 Å². The summed E-state index contributed by atoms with van der Waals surface area (Å²) in [6.07, 6.45) is 4.39. The van der Waals surface area contributed by atoms with Crippen molar-refractivity contribution in [3.63, 3.8) is 0 Å². The van der Waals surface area contributed by atoms with Crippen LogP contribution in [0.5, 0.6) is 0 Å². The highest BCUT2D eigenvalue weighted by Gasteiger charge is 2.30. The predicted molar refractivity (Wildman–Crippen MR) is 118 cm³/mol. The maximum absolute atomic E-state index is 12.8. The lowest BCUT2D eigenvalue weighted by Gasteiger charge is -2.37. The van der Waals surface area contributed by atoms with Crippen LogP contribution < -0.4 is 5.32 Å². The number of carbonyl (C=O) groups excluding carboxylic acids is 1. The maximum Gasteiger partial charge on any atom is 0.252 e. The first-order valence-corrected chi connectivity index (χ1v) is 11.0. The van der Waals surface area contributed by atoms with Crippen LogP contribution >= 0.6 is 11.3 Å². The molecule has 3 nitrogen and oxygen atoms in total. The zero-order valence-corrected chi connectivity index (χ0v) is 17.4. The van der Waals surface area contributed by atoms with Crippen molar-refractivity contribution in [1.29, 1.82) is 0 Å². The Morgan fingerprint density at radius 3 is 2.39 bits per heavy atom. The second-order valence-electron chi connectivity index (χ2n) is 8.05. The molecular formula is C24H28N2OS.